The van der Waals surface area contributed by atoms with E-state index in [1.54, 1.807) is 23.0 Å². The van der Waals surface area contributed by atoms with Crippen molar-refractivity contribution in [2.45, 2.75) is 37.6 Å². The lowest BCUT2D eigenvalue weighted by Crippen LogP contribution is -2.31. The maximum atomic E-state index is 12.4. The van der Waals surface area contributed by atoms with E-state index >= 15 is 0 Å². The largest absolute Gasteiger partial charge is 0.491 e. The number of imidazole rings is 1. The lowest BCUT2D eigenvalue weighted by atomic mass is 9.99. The molecule has 2 fully saturated rings. The Hall–Kier alpha value is -2.98. The van der Waals surface area contributed by atoms with Crippen molar-refractivity contribution in [1.82, 2.24) is 14.5 Å². The van der Waals surface area contributed by atoms with Gasteiger partial charge in [-0.3, -0.25) is 14.7 Å². The zero-order chi connectivity index (χ0) is 22.7. The normalized spacial score (nSPS) is 19.8. The monoisotopic (exact) mass is 444 g/mol. The zero-order valence-corrected chi connectivity index (χ0v) is 18.4. The molecule has 0 radical (unpaired) electrons. The molecule has 172 valence electrons. The Morgan fingerprint density at radius 2 is 2.09 bits per heavy atom. The quantitative estimate of drug-likeness (QED) is 0.364. The maximum Gasteiger partial charge on any atom is 0.341 e. The molecule has 0 N–H and O–H groups in total. The van der Waals surface area contributed by atoms with Gasteiger partial charge in [-0.25, -0.2) is 9.78 Å². The van der Waals surface area contributed by atoms with Gasteiger partial charge in [0, 0.05) is 49.7 Å². The third-order valence-electron chi connectivity index (χ3n) is 6.30. The number of benzene rings is 1. The van der Waals surface area contributed by atoms with Crippen LogP contribution < -0.4 is 4.74 Å². The first-order chi connectivity index (χ1) is 15.5. The van der Waals surface area contributed by atoms with Gasteiger partial charge >= 0.3 is 5.97 Å². The average Bonchev–Trinajstić information content (AvgIpc) is 3.46. The van der Waals surface area contributed by atoms with Crippen molar-refractivity contribution < 1.29 is 23.9 Å². The molecule has 4 rings (SSSR count). The molecule has 10 heteroatoms. The molecule has 2 aliphatic rings. The van der Waals surface area contributed by atoms with Crippen LogP contribution in [0.2, 0.25) is 0 Å². The summed E-state index contributed by atoms with van der Waals surface area (Å²) in [5.41, 5.74) is 0.148. The molecule has 1 atom stereocenters. The predicted octanol–water partition coefficient (Wildman–Crippen LogP) is 2.93. The number of hydrogen-bond donors (Lipinski definition) is 0. The van der Waals surface area contributed by atoms with Gasteiger partial charge in [0.15, 0.2) is 0 Å². The minimum Gasteiger partial charge on any atom is -0.491 e. The fourth-order valence-corrected chi connectivity index (χ4v) is 4.44. The second-order valence-corrected chi connectivity index (χ2v) is 8.22. The number of nitrogens with zero attached hydrogens (tertiary/aromatic N) is 4. The highest BCUT2D eigenvalue weighted by molar-refractivity contribution is 5.94. The number of ether oxygens (including phenoxy) is 3. The lowest BCUT2D eigenvalue weighted by molar-refractivity contribution is -0.384. The third-order valence-corrected chi connectivity index (χ3v) is 6.30. The fourth-order valence-electron chi connectivity index (χ4n) is 4.44. The summed E-state index contributed by atoms with van der Waals surface area (Å²) < 4.78 is 18.1. The molecular weight excluding hydrogens is 416 g/mol. The molecule has 0 spiro atoms. The standard InChI is InChI=1S/C22H28N4O6/c1-24-8-3-4-16(24)14-32-20-13-18(19(26(28)29)12-17(20)22(27)30-2)25-9-7-23-21(25)15-5-10-31-11-6-15/h7,9,12-13,15-16H,3-6,8,10-11,14H2,1-2H3/t16-/m0/s1. The molecule has 0 unspecified atom stereocenters. The number of likely N-dealkylation sites (tertiary alicyclic amines) is 1. The second kappa shape index (κ2) is 9.66. The van der Waals surface area contributed by atoms with Crippen LogP contribution in [0.1, 0.15) is 47.8 Å². The van der Waals surface area contributed by atoms with Crippen molar-refractivity contribution >= 4 is 11.7 Å². The van der Waals surface area contributed by atoms with Gasteiger partial charge in [-0.2, -0.15) is 0 Å². The van der Waals surface area contributed by atoms with Gasteiger partial charge < -0.3 is 19.1 Å². The van der Waals surface area contributed by atoms with Crippen LogP contribution in [-0.2, 0) is 9.47 Å². The second-order valence-electron chi connectivity index (χ2n) is 8.22. The molecule has 10 nitrogen and oxygen atoms in total. The van der Waals surface area contributed by atoms with Gasteiger partial charge in [-0.1, -0.05) is 0 Å². The van der Waals surface area contributed by atoms with Crippen LogP contribution in [0, 0.1) is 10.1 Å². The summed E-state index contributed by atoms with van der Waals surface area (Å²) in [4.78, 5) is 30.6. The number of nitro benzene ring substituents is 1. The molecular formula is C22H28N4O6. The minimum atomic E-state index is -0.676. The van der Waals surface area contributed by atoms with Crippen LogP contribution in [0.15, 0.2) is 24.5 Å². The van der Waals surface area contributed by atoms with Crippen LogP contribution in [0.3, 0.4) is 0 Å². The molecule has 0 bridgehead atoms. The molecule has 32 heavy (non-hydrogen) atoms. The van der Waals surface area contributed by atoms with E-state index < -0.39 is 10.9 Å². The van der Waals surface area contributed by atoms with Crippen molar-refractivity contribution in [2.75, 3.05) is 40.5 Å². The number of rotatable bonds is 7. The fraction of sp³-hybridized carbons (Fsp3) is 0.545. The highest BCUT2D eigenvalue weighted by Gasteiger charge is 2.29. The number of aromatic nitrogens is 2. The molecule has 3 heterocycles. The van der Waals surface area contributed by atoms with Crippen molar-refractivity contribution in [2.24, 2.45) is 0 Å². The topological polar surface area (TPSA) is 109 Å². The van der Waals surface area contributed by atoms with Crippen molar-refractivity contribution in [1.29, 1.82) is 0 Å². The Morgan fingerprint density at radius 1 is 1.31 bits per heavy atom. The van der Waals surface area contributed by atoms with Crippen molar-refractivity contribution in [3.63, 3.8) is 0 Å². The van der Waals surface area contributed by atoms with Crippen molar-refractivity contribution in [3.8, 4) is 11.4 Å². The van der Waals surface area contributed by atoms with Gasteiger partial charge in [-0.05, 0) is 39.3 Å². The average molecular weight is 444 g/mol. The first-order valence-electron chi connectivity index (χ1n) is 10.8. The first-order valence-corrected chi connectivity index (χ1v) is 10.8. The smallest absolute Gasteiger partial charge is 0.341 e. The van der Waals surface area contributed by atoms with Crippen LogP contribution >= 0.6 is 0 Å². The van der Waals surface area contributed by atoms with Gasteiger partial charge in [-0.15, -0.1) is 0 Å². The summed E-state index contributed by atoms with van der Waals surface area (Å²) in [5, 5.41) is 11.9. The summed E-state index contributed by atoms with van der Waals surface area (Å²) in [6.45, 7) is 2.63. The maximum absolute atomic E-state index is 12.4. The molecule has 2 aromatic rings. The molecule has 2 saturated heterocycles. The number of carbonyl (C=O) groups is 1. The Morgan fingerprint density at radius 3 is 2.75 bits per heavy atom. The van der Waals surface area contributed by atoms with Crippen LogP contribution in [0.25, 0.3) is 5.69 Å². The van der Waals surface area contributed by atoms with Gasteiger partial charge in [0.25, 0.3) is 5.69 Å². The number of carbonyl (C=O) groups excluding carboxylic acids is 1. The Kier molecular flexibility index (Phi) is 6.71. The summed E-state index contributed by atoms with van der Waals surface area (Å²) in [5.74, 6) is 0.466. The van der Waals surface area contributed by atoms with Gasteiger partial charge in [0.1, 0.15) is 29.4 Å². The van der Waals surface area contributed by atoms with E-state index in [1.807, 2.05) is 7.05 Å². The highest BCUT2D eigenvalue weighted by Crippen LogP contribution is 2.36. The molecule has 2 aliphatic heterocycles. The van der Waals surface area contributed by atoms with Crippen LogP contribution in [0.5, 0.6) is 5.75 Å². The van der Waals surface area contributed by atoms with Gasteiger partial charge in [0.05, 0.1) is 12.0 Å². The van der Waals surface area contributed by atoms with E-state index in [4.69, 9.17) is 14.2 Å². The number of hydrogen-bond acceptors (Lipinski definition) is 8. The number of likely N-dealkylation sites (N-methyl/N-ethyl adjacent to an activating group) is 1. The minimum absolute atomic E-state index is 0.0383. The van der Waals surface area contributed by atoms with Crippen LogP contribution in [-0.4, -0.2) is 71.9 Å². The number of nitro groups is 1. The predicted molar refractivity (Wildman–Crippen MR) is 115 cm³/mol. The lowest BCUT2D eigenvalue weighted by Gasteiger charge is -2.23. The zero-order valence-electron chi connectivity index (χ0n) is 18.4. The van der Waals surface area contributed by atoms with E-state index in [9.17, 15) is 14.9 Å². The summed E-state index contributed by atoms with van der Waals surface area (Å²) >= 11 is 0. The van der Waals surface area contributed by atoms with E-state index in [0.717, 1.165) is 38.1 Å². The first kappa shape index (κ1) is 22.2. The molecule has 1 aromatic carbocycles. The van der Waals surface area contributed by atoms with E-state index in [1.165, 1.54) is 13.2 Å². The van der Waals surface area contributed by atoms with Crippen LogP contribution in [0.4, 0.5) is 5.69 Å². The number of esters is 1. The van der Waals surface area contributed by atoms with E-state index in [2.05, 4.69) is 9.88 Å². The van der Waals surface area contributed by atoms with Gasteiger partial charge in [0.2, 0.25) is 0 Å². The molecule has 1 aromatic heterocycles. The Balaban J connectivity index is 1.75. The highest BCUT2D eigenvalue weighted by atomic mass is 16.6. The summed E-state index contributed by atoms with van der Waals surface area (Å²) in [6, 6.07) is 3.03. The Bertz CT molecular complexity index is 985. The number of methoxy groups -OCH3 is 1. The van der Waals surface area contributed by atoms with E-state index in [-0.39, 0.29) is 29.0 Å². The third kappa shape index (κ3) is 4.46. The van der Waals surface area contributed by atoms with Crippen molar-refractivity contribution in [3.05, 3.63) is 46.0 Å². The molecule has 0 aliphatic carbocycles. The van der Waals surface area contributed by atoms with E-state index in [0.29, 0.717) is 25.5 Å². The summed E-state index contributed by atoms with van der Waals surface area (Å²) in [7, 11) is 3.28. The summed E-state index contributed by atoms with van der Waals surface area (Å²) in [6.07, 6.45) is 7.02. The SMILES string of the molecule is COC(=O)c1cc([N+](=O)[O-])c(-n2ccnc2C2CCOCC2)cc1OC[C@@H]1CCCN1C. The molecule has 0 saturated carbocycles. The molecule has 0 amide bonds. The Labute approximate surface area is 186 Å².